The molecule has 0 aromatic carbocycles. The summed E-state index contributed by atoms with van der Waals surface area (Å²) in [4.78, 5) is 4.80. The highest BCUT2D eigenvalue weighted by Gasteiger charge is 2.14. The minimum Gasteiger partial charge on any atom is -0.306 e. The van der Waals surface area contributed by atoms with Gasteiger partial charge in [0, 0.05) is 6.54 Å². The summed E-state index contributed by atoms with van der Waals surface area (Å²) < 4.78 is 0. The van der Waals surface area contributed by atoms with Gasteiger partial charge in [-0.15, -0.1) is 0 Å². The van der Waals surface area contributed by atoms with E-state index in [1.54, 1.807) is 0 Å². The van der Waals surface area contributed by atoms with Crippen molar-refractivity contribution >= 4 is 0 Å². The molecule has 0 unspecified atom stereocenters. The van der Waals surface area contributed by atoms with Crippen LogP contribution >= 0.6 is 0 Å². The average molecular weight is 226 g/mol. The molecule has 0 spiro atoms. The number of rotatable bonds is 1. The molecule has 2 saturated heterocycles. The number of hydrogen-bond acceptors (Lipinski definition) is 2. The van der Waals surface area contributed by atoms with Crippen molar-refractivity contribution in [3.63, 3.8) is 0 Å². The van der Waals surface area contributed by atoms with Crippen molar-refractivity contribution in [1.29, 1.82) is 0 Å². The standard InChI is InChI=1S/C8H17N.C6H13N/c1-3-8-4-6-9(2)7-5-8;1-6-3-4-7(2)5-6/h8H,3-7H2,1-2H3;6H,3-5H2,1-2H3/t;6-/m.1/s1. The fourth-order valence-electron chi connectivity index (χ4n) is 2.63. The molecule has 2 heteroatoms. The van der Waals surface area contributed by atoms with E-state index in [0.29, 0.717) is 0 Å². The van der Waals surface area contributed by atoms with Crippen LogP contribution in [0.15, 0.2) is 0 Å². The van der Waals surface area contributed by atoms with Crippen LogP contribution in [-0.2, 0) is 0 Å². The lowest BCUT2D eigenvalue weighted by molar-refractivity contribution is 0.216. The van der Waals surface area contributed by atoms with Gasteiger partial charge in [0.05, 0.1) is 0 Å². The Balaban J connectivity index is 0.000000165. The molecular formula is C14H30N2. The van der Waals surface area contributed by atoms with E-state index in [1.807, 2.05) is 0 Å². The van der Waals surface area contributed by atoms with E-state index < -0.39 is 0 Å². The zero-order valence-electron chi connectivity index (χ0n) is 11.7. The maximum absolute atomic E-state index is 2.42. The third kappa shape index (κ3) is 5.31. The summed E-state index contributed by atoms with van der Waals surface area (Å²) in [6.45, 7) is 9.86. The number of hydrogen-bond donors (Lipinski definition) is 0. The lowest BCUT2D eigenvalue weighted by Crippen LogP contribution is -2.29. The summed E-state index contributed by atoms with van der Waals surface area (Å²) in [5.41, 5.74) is 0. The first-order chi connectivity index (χ1) is 7.61. The van der Waals surface area contributed by atoms with Gasteiger partial charge in [-0.25, -0.2) is 0 Å². The first-order valence-corrected chi connectivity index (χ1v) is 6.99. The van der Waals surface area contributed by atoms with Gasteiger partial charge in [0.2, 0.25) is 0 Å². The highest BCUT2D eigenvalue weighted by atomic mass is 15.1. The lowest BCUT2D eigenvalue weighted by atomic mass is 9.95. The minimum absolute atomic E-state index is 0.949. The van der Waals surface area contributed by atoms with E-state index in [0.717, 1.165) is 11.8 Å². The first-order valence-electron chi connectivity index (χ1n) is 6.99. The van der Waals surface area contributed by atoms with Crippen LogP contribution in [0, 0.1) is 11.8 Å². The quantitative estimate of drug-likeness (QED) is 0.678. The van der Waals surface area contributed by atoms with E-state index in [4.69, 9.17) is 0 Å². The average Bonchev–Trinajstić information content (AvgIpc) is 2.65. The van der Waals surface area contributed by atoms with Crippen molar-refractivity contribution in [3.8, 4) is 0 Å². The third-order valence-corrected chi connectivity index (χ3v) is 4.04. The summed E-state index contributed by atoms with van der Waals surface area (Å²) in [6, 6.07) is 0. The molecule has 2 aliphatic rings. The fraction of sp³-hybridized carbons (Fsp3) is 1.00. The Morgan fingerprint density at radius 3 is 1.81 bits per heavy atom. The molecular weight excluding hydrogens is 196 g/mol. The zero-order valence-corrected chi connectivity index (χ0v) is 11.7. The predicted octanol–water partition coefficient (Wildman–Crippen LogP) is 2.70. The molecule has 2 fully saturated rings. The van der Waals surface area contributed by atoms with E-state index in [1.165, 1.54) is 51.9 Å². The van der Waals surface area contributed by atoms with Crippen LogP contribution in [0.5, 0.6) is 0 Å². The highest BCUT2D eigenvalue weighted by molar-refractivity contribution is 4.68. The molecule has 2 rings (SSSR count). The monoisotopic (exact) mass is 226 g/mol. The summed E-state index contributed by atoms with van der Waals surface area (Å²) in [6.07, 6.45) is 5.63. The predicted molar refractivity (Wildman–Crippen MR) is 71.8 cm³/mol. The molecule has 1 atom stereocenters. The van der Waals surface area contributed by atoms with Crippen molar-refractivity contribution in [3.05, 3.63) is 0 Å². The van der Waals surface area contributed by atoms with Gasteiger partial charge in [-0.3, -0.25) is 0 Å². The van der Waals surface area contributed by atoms with E-state index >= 15 is 0 Å². The van der Waals surface area contributed by atoms with Gasteiger partial charge >= 0.3 is 0 Å². The van der Waals surface area contributed by atoms with E-state index in [2.05, 4.69) is 37.7 Å². The van der Waals surface area contributed by atoms with Gasteiger partial charge in [-0.1, -0.05) is 20.3 Å². The normalized spacial score (nSPS) is 28.9. The van der Waals surface area contributed by atoms with Gasteiger partial charge < -0.3 is 9.80 Å². The summed E-state index contributed by atoms with van der Waals surface area (Å²) in [5.74, 6) is 1.98. The molecule has 2 nitrogen and oxygen atoms in total. The van der Waals surface area contributed by atoms with Gasteiger partial charge in [0.25, 0.3) is 0 Å². The van der Waals surface area contributed by atoms with Crippen molar-refractivity contribution in [1.82, 2.24) is 9.80 Å². The topological polar surface area (TPSA) is 6.48 Å². The van der Waals surface area contributed by atoms with Crippen LogP contribution in [0.4, 0.5) is 0 Å². The zero-order chi connectivity index (χ0) is 12.0. The summed E-state index contributed by atoms with van der Waals surface area (Å²) in [7, 11) is 4.40. The van der Waals surface area contributed by atoms with Crippen LogP contribution in [0.25, 0.3) is 0 Å². The number of nitrogens with zero attached hydrogens (tertiary/aromatic N) is 2. The molecule has 2 heterocycles. The molecule has 2 aliphatic heterocycles. The molecule has 0 N–H and O–H groups in total. The Kier molecular flexibility index (Phi) is 6.37. The minimum atomic E-state index is 0.949. The molecule has 16 heavy (non-hydrogen) atoms. The molecule has 0 saturated carbocycles. The Labute approximate surface area is 102 Å². The number of likely N-dealkylation sites (tertiary alicyclic amines) is 2. The van der Waals surface area contributed by atoms with Crippen LogP contribution in [-0.4, -0.2) is 50.1 Å². The molecule has 0 aromatic rings. The lowest BCUT2D eigenvalue weighted by Gasteiger charge is -2.27. The first kappa shape index (κ1) is 14.0. The smallest absolute Gasteiger partial charge is 0.000445 e. The highest BCUT2D eigenvalue weighted by Crippen LogP contribution is 2.18. The fourth-order valence-corrected chi connectivity index (χ4v) is 2.63. The number of piperidine rings is 1. The van der Waals surface area contributed by atoms with Gasteiger partial charge in [0.1, 0.15) is 0 Å². The van der Waals surface area contributed by atoms with Gasteiger partial charge in [-0.2, -0.15) is 0 Å². The largest absolute Gasteiger partial charge is 0.306 e. The summed E-state index contributed by atoms with van der Waals surface area (Å²) >= 11 is 0. The second-order valence-corrected chi connectivity index (χ2v) is 5.81. The van der Waals surface area contributed by atoms with Crippen LogP contribution in [0.2, 0.25) is 0 Å². The van der Waals surface area contributed by atoms with E-state index in [-0.39, 0.29) is 0 Å². The molecule has 0 bridgehead atoms. The van der Waals surface area contributed by atoms with E-state index in [9.17, 15) is 0 Å². The SMILES string of the molecule is CCC1CCN(C)CC1.C[C@@H]1CCN(C)C1. The Hall–Kier alpha value is -0.0800. The Morgan fingerprint density at radius 2 is 1.50 bits per heavy atom. The van der Waals surface area contributed by atoms with Crippen molar-refractivity contribution in [2.45, 2.75) is 39.5 Å². The van der Waals surface area contributed by atoms with Gasteiger partial charge in [0.15, 0.2) is 0 Å². The maximum Gasteiger partial charge on any atom is 0.000445 e. The van der Waals surface area contributed by atoms with Crippen molar-refractivity contribution in [2.24, 2.45) is 11.8 Å². The third-order valence-electron chi connectivity index (χ3n) is 4.04. The second-order valence-electron chi connectivity index (χ2n) is 5.81. The van der Waals surface area contributed by atoms with Crippen molar-refractivity contribution in [2.75, 3.05) is 40.3 Å². The Morgan fingerprint density at radius 1 is 0.938 bits per heavy atom. The van der Waals surface area contributed by atoms with Crippen molar-refractivity contribution < 1.29 is 0 Å². The van der Waals surface area contributed by atoms with Crippen LogP contribution in [0.1, 0.15) is 39.5 Å². The second kappa shape index (κ2) is 7.29. The Bertz CT molecular complexity index is 166. The van der Waals surface area contributed by atoms with Gasteiger partial charge in [-0.05, 0) is 64.8 Å². The molecule has 0 radical (unpaired) electrons. The molecule has 0 aromatic heterocycles. The maximum atomic E-state index is 2.42. The van der Waals surface area contributed by atoms with Crippen LogP contribution in [0.3, 0.4) is 0 Å². The summed E-state index contributed by atoms with van der Waals surface area (Å²) in [5, 5.41) is 0. The molecule has 0 aliphatic carbocycles. The van der Waals surface area contributed by atoms with Crippen LogP contribution < -0.4 is 0 Å². The molecule has 96 valence electrons. The molecule has 0 amide bonds.